The Balaban J connectivity index is 2.19. The predicted octanol–water partition coefficient (Wildman–Crippen LogP) is 2.57. The highest BCUT2D eigenvalue weighted by Crippen LogP contribution is 2.40. The Hall–Kier alpha value is -0.980. The molecule has 0 saturated heterocycles. The smallest absolute Gasteiger partial charge is 0.118 e. The van der Waals surface area contributed by atoms with E-state index in [2.05, 4.69) is 12.1 Å². The summed E-state index contributed by atoms with van der Waals surface area (Å²) in [5.41, 5.74) is 1.46. The van der Waals surface area contributed by atoms with Gasteiger partial charge >= 0.3 is 0 Å². The number of hydrogen-bond donors (Lipinski definition) is 0. The molecule has 1 saturated carbocycles. The maximum absolute atomic E-state index is 5.07. The van der Waals surface area contributed by atoms with Crippen molar-refractivity contribution in [3.8, 4) is 5.75 Å². The zero-order chi connectivity index (χ0) is 7.68. The summed E-state index contributed by atoms with van der Waals surface area (Å²) in [5.74, 6) is 1.80. The fourth-order valence-corrected chi connectivity index (χ4v) is 1.29. The minimum absolute atomic E-state index is 0.848. The molecule has 2 rings (SSSR count). The summed E-state index contributed by atoms with van der Waals surface area (Å²) in [6.45, 7) is 0. The van der Waals surface area contributed by atoms with E-state index in [4.69, 9.17) is 4.74 Å². The summed E-state index contributed by atoms with van der Waals surface area (Å²) in [5, 5.41) is 0. The lowest BCUT2D eigenvalue weighted by atomic mass is 10.1. The van der Waals surface area contributed by atoms with Gasteiger partial charge in [0, 0.05) is 0 Å². The Labute approximate surface area is 67.0 Å². The number of ether oxygens (including phenoxy) is 1. The van der Waals surface area contributed by atoms with Gasteiger partial charge in [0.2, 0.25) is 0 Å². The summed E-state index contributed by atoms with van der Waals surface area (Å²) >= 11 is 0. The molecule has 1 aromatic carbocycles. The maximum Gasteiger partial charge on any atom is 0.118 e. The minimum atomic E-state index is 0.848. The van der Waals surface area contributed by atoms with Crippen LogP contribution in [0.25, 0.3) is 0 Å². The molecule has 1 fully saturated rings. The quantitative estimate of drug-likeness (QED) is 0.626. The first-order valence-electron chi connectivity index (χ1n) is 4.04. The first-order chi connectivity index (χ1) is 5.40. The second-order valence-electron chi connectivity index (χ2n) is 3.05. The fraction of sp³-hybridized carbons (Fsp3) is 0.400. The molecule has 0 radical (unpaired) electrons. The lowest BCUT2D eigenvalue weighted by molar-refractivity contribution is 0.414. The molecule has 0 aliphatic heterocycles. The van der Waals surface area contributed by atoms with Gasteiger partial charge in [-0.1, -0.05) is 12.1 Å². The van der Waals surface area contributed by atoms with Crippen molar-refractivity contribution in [3.05, 3.63) is 29.8 Å². The predicted molar refractivity (Wildman–Crippen MR) is 45.0 cm³/mol. The third-order valence-corrected chi connectivity index (χ3v) is 2.16. The zero-order valence-electron chi connectivity index (χ0n) is 6.71. The second kappa shape index (κ2) is 2.57. The summed E-state index contributed by atoms with van der Waals surface area (Å²) in [7, 11) is 1.70. The van der Waals surface area contributed by atoms with Crippen LogP contribution in [-0.4, -0.2) is 7.11 Å². The van der Waals surface area contributed by atoms with Gasteiger partial charge in [-0.05, 0) is 36.5 Å². The van der Waals surface area contributed by atoms with E-state index < -0.39 is 0 Å². The highest BCUT2D eigenvalue weighted by Gasteiger charge is 2.22. The monoisotopic (exact) mass is 148 g/mol. The van der Waals surface area contributed by atoms with Gasteiger partial charge in [0.25, 0.3) is 0 Å². The SMILES string of the molecule is COc1ccc(C2CC2)cc1. The third-order valence-electron chi connectivity index (χ3n) is 2.16. The Morgan fingerprint density at radius 3 is 2.27 bits per heavy atom. The molecular formula is C10H12O. The van der Waals surface area contributed by atoms with E-state index in [0.717, 1.165) is 11.7 Å². The molecule has 0 N–H and O–H groups in total. The number of methoxy groups -OCH3 is 1. The molecule has 0 bridgehead atoms. The van der Waals surface area contributed by atoms with Crippen molar-refractivity contribution < 1.29 is 4.74 Å². The summed E-state index contributed by atoms with van der Waals surface area (Å²) in [6, 6.07) is 8.40. The van der Waals surface area contributed by atoms with E-state index >= 15 is 0 Å². The van der Waals surface area contributed by atoms with Crippen LogP contribution in [0, 0.1) is 0 Å². The van der Waals surface area contributed by atoms with Crippen molar-refractivity contribution in [2.24, 2.45) is 0 Å². The number of benzene rings is 1. The Morgan fingerprint density at radius 1 is 1.18 bits per heavy atom. The molecule has 0 aromatic heterocycles. The summed E-state index contributed by atoms with van der Waals surface area (Å²) < 4.78 is 5.07. The van der Waals surface area contributed by atoms with Crippen LogP contribution in [0.5, 0.6) is 5.75 Å². The minimum Gasteiger partial charge on any atom is -0.497 e. The van der Waals surface area contributed by atoms with E-state index in [9.17, 15) is 0 Å². The fourth-order valence-electron chi connectivity index (χ4n) is 1.29. The van der Waals surface area contributed by atoms with Crippen molar-refractivity contribution in [1.29, 1.82) is 0 Å². The molecule has 1 aromatic rings. The van der Waals surface area contributed by atoms with Crippen molar-refractivity contribution in [1.82, 2.24) is 0 Å². The number of rotatable bonds is 2. The normalized spacial score (nSPS) is 16.5. The second-order valence-corrected chi connectivity index (χ2v) is 3.05. The van der Waals surface area contributed by atoms with Gasteiger partial charge in [0.1, 0.15) is 5.75 Å². The van der Waals surface area contributed by atoms with E-state index in [0.29, 0.717) is 0 Å². The molecule has 1 nitrogen and oxygen atoms in total. The Kier molecular flexibility index (Phi) is 1.57. The van der Waals surface area contributed by atoms with Gasteiger partial charge in [-0.3, -0.25) is 0 Å². The molecular weight excluding hydrogens is 136 g/mol. The molecule has 0 spiro atoms. The summed E-state index contributed by atoms with van der Waals surface area (Å²) in [6.07, 6.45) is 2.73. The summed E-state index contributed by atoms with van der Waals surface area (Å²) in [4.78, 5) is 0. The molecule has 1 aliphatic rings. The standard InChI is InChI=1S/C10H12O/c1-11-10-6-4-9(5-7-10)8-2-3-8/h4-8H,2-3H2,1H3. The van der Waals surface area contributed by atoms with Crippen molar-refractivity contribution in [2.45, 2.75) is 18.8 Å². The van der Waals surface area contributed by atoms with E-state index in [1.165, 1.54) is 18.4 Å². The van der Waals surface area contributed by atoms with E-state index in [-0.39, 0.29) is 0 Å². The van der Waals surface area contributed by atoms with E-state index in [1.54, 1.807) is 7.11 Å². The number of hydrogen-bond acceptors (Lipinski definition) is 1. The average molecular weight is 148 g/mol. The lowest BCUT2D eigenvalue weighted by Crippen LogP contribution is -1.83. The van der Waals surface area contributed by atoms with Crippen LogP contribution in [0.4, 0.5) is 0 Å². The van der Waals surface area contributed by atoms with Crippen LogP contribution in [0.3, 0.4) is 0 Å². The molecule has 0 heterocycles. The molecule has 1 heteroatoms. The van der Waals surface area contributed by atoms with Gasteiger partial charge in [-0.15, -0.1) is 0 Å². The zero-order valence-corrected chi connectivity index (χ0v) is 6.71. The molecule has 1 aliphatic carbocycles. The highest BCUT2D eigenvalue weighted by atomic mass is 16.5. The average Bonchev–Trinajstić information content (AvgIpc) is 2.87. The van der Waals surface area contributed by atoms with Crippen LogP contribution < -0.4 is 4.74 Å². The van der Waals surface area contributed by atoms with Crippen molar-refractivity contribution in [3.63, 3.8) is 0 Å². The van der Waals surface area contributed by atoms with Gasteiger partial charge in [-0.25, -0.2) is 0 Å². The molecule has 58 valence electrons. The van der Waals surface area contributed by atoms with Gasteiger partial charge in [0.15, 0.2) is 0 Å². The van der Waals surface area contributed by atoms with Gasteiger partial charge in [0.05, 0.1) is 7.11 Å². The molecule has 0 atom stereocenters. The lowest BCUT2D eigenvalue weighted by Gasteiger charge is -2.00. The van der Waals surface area contributed by atoms with Crippen LogP contribution in [0.2, 0.25) is 0 Å². The Bertz CT molecular complexity index is 234. The first kappa shape index (κ1) is 6.71. The van der Waals surface area contributed by atoms with Crippen LogP contribution in [-0.2, 0) is 0 Å². The van der Waals surface area contributed by atoms with Gasteiger partial charge in [-0.2, -0.15) is 0 Å². The molecule has 0 unspecified atom stereocenters. The van der Waals surface area contributed by atoms with Crippen LogP contribution in [0.1, 0.15) is 24.3 Å². The topological polar surface area (TPSA) is 9.23 Å². The highest BCUT2D eigenvalue weighted by molar-refractivity contribution is 5.31. The van der Waals surface area contributed by atoms with Crippen LogP contribution >= 0.6 is 0 Å². The molecule has 11 heavy (non-hydrogen) atoms. The molecule has 0 amide bonds. The van der Waals surface area contributed by atoms with Crippen molar-refractivity contribution >= 4 is 0 Å². The van der Waals surface area contributed by atoms with Crippen LogP contribution in [0.15, 0.2) is 24.3 Å². The maximum atomic E-state index is 5.07. The first-order valence-corrected chi connectivity index (χ1v) is 4.04. The Morgan fingerprint density at radius 2 is 1.82 bits per heavy atom. The van der Waals surface area contributed by atoms with Gasteiger partial charge < -0.3 is 4.74 Å². The van der Waals surface area contributed by atoms with Crippen molar-refractivity contribution in [2.75, 3.05) is 7.11 Å². The van der Waals surface area contributed by atoms with E-state index in [1.807, 2.05) is 12.1 Å². The largest absolute Gasteiger partial charge is 0.497 e. The third kappa shape index (κ3) is 1.37.